The highest BCUT2D eigenvalue weighted by Crippen LogP contribution is 2.30. The SMILES string of the molecule is CCCCOc1nc(N)c2[nH]c(=O)n(Cc3ccc(CN4CCC(c5nnc6n5CCN(C(=O)CCCCCONC(=O)OC(C)(C)C)C6)CC4)cc3)c2n1. The van der Waals surface area contributed by atoms with Crippen LogP contribution in [0.25, 0.3) is 11.2 Å². The van der Waals surface area contributed by atoms with Crippen molar-refractivity contribution < 1.29 is 23.9 Å². The third kappa shape index (κ3) is 10.6. The molecule has 17 nitrogen and oxygen atoms in total. The van der Waals surface area contributed by atoms with Crippen LogP contribution in [0.15, 0.2) is 29.1 Å². The average molecular weight is 762 g/mol. The molecule has 0 unspecified atom stereocenters. The predicted molar refractivity (Wildman–Crippen MR) is 205 cm³/mol. The zero-order valence-corrected chi connectivity index (χ0v) is 32.5. The van der Waals surface area contributed by atoms with E-state index in [1.807, 2.05) is 4.90 Å². The summed E-state index contributed by atoms with van der Waals surface area (Å²) in [4.78, 5) is 58.4. The molecule has 1 fully saturated rings. The first-order valence-electron chi connectivity index (χ1n) is 19.5. The summed E-state index contributed by atoms with van der Waals surface area (Å²) in [5.41, 5.74) is 10.6. The highest BCUT2D eigenvalue weighted by Gasteiger charge is 2.30. The number of nitrogens with two attached hydrogens (primary N) is 1. The number of hydrogen-bond donors (Lipinski definition) is 3. The van der Waals surface area contributed by atoms with E-state index in [0.717, 1.165) is 81.8 Å². The number of hydrogen-bond acceptors (Lipinski definition) is 12. The highest BCUT2D eigenvalue weighted by atomic mass is 16.7. The number of benzene rings is 1. The van der Waals surface area contributed by atoms with E-state index in [9.17, 15) is 14.4 Å². The molecule has 2 amide bonds. The molecular weight excluding hydrogens is 706 g/mol. The number of carbonyl (C=O) groups excluding carboxylic acids is 2. The molecule has 0 aliphatic carbocycles. The van der Waals surface area contributed by atoms with E-state index in [-0.39, 0.29) is 23.4 Å². The Morgan fingerprint density at radius 2 is 1.69 bits per heavy atom. The summed E-state index contributed by atoms with van der Waals surface area (Å²) in [7, 11) is 0. The molecule has 0 spiro atoms. The van der Waals surface area contributed by atoms with Gasteiger partial charge < -0.3 is 29.7 Å². The number of amides is 2. The Labute approximate surface area is 320 Å². The molecule has 2 aliphatic heterocycles. The fraction of sp³-hybridized carbons (Fsp3) is 0.605. The third-order valence-electron chi connectivity index (χ3n) is 9.91. The second-order valence-corrected chi connectivity index (χ2v) is 15.4. The summed E-state index contributed by atoms with van der Waals surface area (Å²) in [5.74, 6) is 2.53. The van der Waals surface area contributed by atoms with E-state index in [4.69, 9.17) is 20.0 Å². The summed E-state index contributed by atoms with van der Waals surface area (Å²) < 4.78 is 14.6. The lowest BCUT2D eigenvalue weighted by atomic mass is 9.95. The largest absolute Gasteiger partial charge is 0.463 e. The van der Waals surface area contributed by atoms with Gasteiger partial charge in [-0.15, -0.1) is 10.2 Å². The van der Waals surface area contributed by atoms with E-state index >= 15 is 0 Å². The number of H-pyrrole nitrogens is 1. The number of piperidine rings is 1. The number of nitrogen functional groups attached to an aromatic ring is 1. The number of nitrogens with one attached hydrogen (secondary N) is 2. The maximum absolute atomic E-state index is 13.0. The quantitative estimate of drug-likeness (QED) is 0.108. The van der Waals surface area contributed by atoms with Gasteiger partial charge in [0.25, 0.3) is 0 Å². The number of ether oxygens (including phenoxy) is 2. The van der Waals surface area contributed by atoms with Gasteiger partial charge in [-0.25, -0.2) is 9.59 Å². The zero-order chi connectivity index (χ0) is 39.0. The number of fused-ring (bicyclic) bond motifs is 2. The summed E-state index contributed by atoms with van der Waals surface area (Å²) in [5, 5.41) is 9.11. The number of aromatic amines is 1. The van der Waals surface area contributed by atoms with Crippen molar-refractivity contribution in [1.82, 2.24) is 49.6 Å². The van der Waals surface area contributed by atoms with Crippen LogP contribution >= 0.6 is 0 Å². The van der Waals surface area contributed by atoms with Crippen molar-refractivity contribution in [3.05, 3.63) is 57.5 Å². The van der Waals surface area contributed by atoms with Gasteiger partial charge in [0.15, 0.2) is 17.3 Å². The van der Waals surface area contributed by atoms with E-state index in [0.29, 0.717) is 62.9 Å². The first-order chi connectivity index (χ1) is 26.5. The van der Waals surface area contributed by atoms with E-state index in [1.54, 1.807) is 25.3 Å². The van der Waals surface area contributed by atoms with Crippen molar-refractivity contribution in [2.75, 3.05) is 38.6 Å². The Morgan fingerprint density at radius 1 is 0.945 bits per heavy atom. The molecule has 0 radical (unpaired) electrons. The lowest BCUT2D eigenvalue weighted by Gasteiger charge is -2.33. The lowest BCUT2D eigenvalue weighted by molar-refractivity contribution is -0.132. The summed E-state index contributed by atoms with van der Waals surface area (Å²) in [6.07, 6.45) is 6.00. The van der Waals surface area contributed by atoms with Crippen molar-refractivity contribution >= 4 is 29.0 Å². The van der Waals surface area contributed by atoms with Gasteiger partial charge in [-0.05, 0) is 77.1 Å². The molecule has 4 N–H and O–H groups in total. The van der Waals surface area contributed by atoms with Crippen LogP contribution in [0.3, 0.4) is 0 Å². The lowest BCUT2D eigenvalue weighted by Crippen LogP contribution is -2.39. The van der Waals surface area contributed by atoms with Gasteiger partial charge >= 0.3 is 17.8 Å². The van der Waals surface area contributed by atoms with Crippen LogP contribution < -0.4 is 21.6 Å². The number of rotatable bonds is 16. The third-order valence-corrected chi connectivity index (χ3v) is 9.91. The number of imidazole rings is 1. The minimum Gasteiger partial charge on any atom is -0.463 e. The van der Waals surface area contributed by atoms with Gasteiger partial charge in [-0.3, -0.25) is 19.1 Å². The molecule has 0 atom stereocenters. The molecule has 0 bridgehead atoms. The van der Waals surface area contributed by atoms with Gasteiger partial charge in [0, 0.05) is 32.0 Å². The van der Waals surface area contributed by atoms with E-state index < -0.39 is 11.7 Å². The van der Waals surface area contributed by atoms with Crippen molar-refractivity contribution in [3.8, 4) is 6.01 Å². The fourth-order valence-electron chi connectivity index (χ4n) is 6.98. The van der Waals surface area contributed by atoms with Gasteiger partial charge in [0.2, 0.25) is 5.91 Å². The highest BCUT2D eigenvalue weighted by molar-refractivity contribution is 5.82. The normalized spacial score (nSPS) is 15.3. The second kappa shape index (κ2) is 18.1. The molecule has 17 heteroatoms. The average Bonchev–Trinajstić information content (AvgIpc) is 3.72. The summed E-state index contributed by atoms with van der Waals surface area (Å²) >= 11 is 0. The number of likely N-dealkylation sites (tertiary alicyclic amines) is 1. The first-order valence-corrected chi connectivity index (χ1v) is 19.5. The maximum Gasteiger partial charge on any atom is 0.431 e. The molecule has 4 aromatic rings. The Bertz CT molecular complexity index is 1960. The summed E-state index contributed by atoms with van der Waals surface area (Å²) in [6.45, 7) is 13.2. The number of unbranched alkanes of at least 4 members (excludes halogenated alkanes) is 3. The molecule has 1 saturated heterocycles. The molecule has 3 aromatic heterocycles. The van der Waals surface area contributed by atoms with Crippen LogP contribution in [0, 0.1) is 0 Å². The van der Waals surface area contributed by atoms with Gasteiger partial charge in [0.05, 0.1) is 26.3 Å². The van der Waals surface area contributed by atoms with Crippen molar-refractivity contribution in [3.63, 3.8) is 0 Å². The minimum atomic E-state index is -0.611. The summed E-state index contributed by atoms with van der Waals surface area (Å²) in [6, 6.07) is 8.51. The van der Waals surface area contributed by atoms with Crippen LogP contribution in [0.5, 0.6) is 6.01 Å². The smallest absolute Gasteiger partial charge is 0.431 e. The van der Waals surface area contributed by atoms with E-state index in [2.05, 4.69) is 71.3 Å². The monoisotopic (exact) mass is 761 g/mol. The second-order valence-electron chi connectivity index (χ2n) is 15.4. The molecule has 2 aliphatic rings. The van der Waals surface area contributed by atoms with Crippen LogP contribution in [-0.2, 0) is 40.5 Å². The zero-order valence-electron chi connectivity index (χ0n) is 32.5. The standard InChI is InChI=1S/C38H55N11O6/c1-5-6-21-53-35-41-32(39)31-34(42-35)49(36(51)40-31)24-27-13-11-26(12-14-27)23-46-17-15-28(16-18-46)33-44-43-29-25-47(19-20-48(29)33)30(50)10-8-7-9-22-54-45-37(52)55-38(2,3)4/h11-14,28H,5-10,15-25H2,1-4H3,(H,40,51)(H,45,52)(H2,39,41,42). The molecule has 0 saturated carbocycles. The van der Waals surface area contributed by atoms with Crippen molar-refractivity contribution in [2.45, 2.75) is 117 Å². The maximum atomic E-state index is 13.0. The van der Waals surface area contributed by atoms with Crippen molar-refractivity contribution in [2.24, 2.45) is 0 Å². The van der Waals surface area contributed by atoms with Crippen molar-refractivity contribution in [1.29, 1.82) is 0 Å². The van der Waals surface area contributed by atoms with Crippen LogP contribution in [0.1, 0.15) is 108 Å². The van der Waals surface area contributed by atoms with Gasteiger partial charge in [0.1, 0.15) is 16.9 Å². The molecule has 55 heavy (non-hydrogen) atoms. The Kier molecular flexibility index (Phi) is 13.0. The van der Waals surface area contributed by atoms with Crippen LogP contribution in [-0.4, -0.2) is 94.5 Å². The van der Waals surface area contributed by atoms with E-state index in [1.165, 1.54) is 5.56 Å². The number of anilines is 1. The Morgan fingerprint density at radius 3 is 2.42 bits per heavy atom. The molecule has 6 rings (SSSR count). The number of hydroxylamine groups is 1. The van der Waals surface area contributed by atoms with Gasteiger partial charge in [-0.1, -0.05) is 44.0 Å². The molecule has 5 heterocycles. The Balaban J connectivity index is 0.923. The number of aromatic nitrogens is 7. The first kappa shape index (κ1) is 39.7. The van der Waals surface area contributed by atoms with Gasteiger partial charge in [-0.2, -0.15) is 15.4 Å². The van der Waals surface area contributed by atoms with Crippen LogP contribution in [0.2, 0.25) is 0 Å². The van der Waals surface area contributed by atoms with Crippen LogP contribution in [0.4, 0.5) is 10.6 Å². The minimum absolute atomic E-state index is 0.124. The number of carbonyl (C=O) groups is 2. The molecular formula is C38H55N11O6. The molecule has 1 aromatic carbocycles. The number of nitrogens with zero attached hydrogens (tertiary/aromatic N) is 8. The fourth-order valence-corrected chi connectivity index (χ4v) is 6.98. The predicted octanol–water partition coefficient (Wildman–Crippen LogP) is 4.26. The topological polar surface area (TPSA) is 201 Å². The molecule has 298 valence electrons. The Hall–Kier alpha value is -5.03.